The van der Waals surface area contributed by atoms with Crippen molar-refractivity contribution in [1.82, 2.24) is 4.90 Å². The summed E-state index contributed by atoms with van der Waals surface area (Å²) in [6, 6.07) is 0. The van der Waals surface area contributed by atoms with Crippen molar-refractivity contribution in [2.24, 2.45) is 0 Å². The fraction of sp³-hybridized carbons (Fsp3) is 0.800. The number of hydrogen-bond acceptors (Lipinski definition) is 2. The summed E-state index contributed by atoms with van der Waals surface area (Å²) in [6.45, 7) is 2.57. The Hall–Kier alpha value is -0.730. The van der Waals surface area contributed by atoms with Gasteiger partial charge in [-0.3, -0.25) is 0 Å². The van der Waals surface area contributed by atoms with Crippen molar-refractivity contribution in [2.45, 2.75) is 6.92 Å². The Balaban J connectivity index is 0. The molecule has 0 aromatic carbocycles. The summed E-state index contributed by atoms with van der Waals surface area (Å²) < 4.78 is 4.39. The first-order valence-electron chi connectivity index (χ1n) is 2.51. The molecule has 3 nitrogen and oxygen atoms in total. The Bertz CT molecular complexity index is 87.0. The van der Waals surface area contributed by atoms with Crippen LogP contribution in [0.1, 0.15) is 8.35 Å². The number of carbonyl (C=O) groups is 1. The van der Waals surface area contributed by atoms with E-state index in [0.717, 1.165) is 0 Å². The van der Waals surface area contributed by atoms with Gasteiger partial charge < -0.3 is 9.64 Å². The van der Waals surface area contributed by atoms with Crippen LogP contribution in [0.15, 0.2) is 0 Å². The number of amides is 1. The molecule has 0 aromatic rings. The Kier molecular flexibility index (Phi) is 2.99. The van der Waals surface area contributed by atoms with Crippen molar-refractivity contribution in [3.63, 3.8) is 0 Å². The topological polar surface area (TPSA) is 29.5 Å². The lowest BCUT2D eigenvalue weighted by molar-refractivity contribution is 0.135. The molecular formula is C5H13NO2. The highest BCUT2D eigenvalue weighted by Gasteiger charge is 2.01. The molecule has 0 unspecified atom stereocenters. The lowest BCUT2D eigenvalue weighted by Gasteiger charge is -2.10. The van der Waals surface area contributed by atoms with Crippen LogP contribution in [-0.4, -0.2) is 31.7 Å². The van der Waals surface area contributed by atoms with Crippen LogP contribution in [0.3, 0.4) is 0 Å². The predicted octanol–water partition coefficient (Wildman–Crippen LogP) is 0.951. The summed E-state index contributed by atoms with van der Waals surface area (Å²) >= 11 is 0. The summed E-state index contributed by atoms with van der Waals surface area (Å²) in [6.07, 6.45) is -0.285. The zero-order valence-corrected chi connectivity index (χ0v) is 5.47. The highest BCUT2D eigenvalue weighted by molar-refractivity contribution is 5.66. The van der Waals surface area contributed by atoms with Crippen LogP contribution in [0.2, 0.25) is 0 Å². The fourth-order valence-electron chi connectivity index (χ4n) is 0.285. The van der Waals surface area contributed by atoms with Gasteiger partial charge in [-0.2, -0.15) is 0 Å². The van der Waals surface area contributed by atoms with Gasteiger partial charge in [-0.05, 0) is 6.92 Å². The second-order valence-corrected chi connectivity index (χ2v) is 1.48. The number of rotatable bonds is 1. The highest BCUT2D eigenvalue weighted by Crippen LogP contribution is 1.84. The molecule has 50 valence electrons. The third-order valence-electron chi connectivity index (χ3n) is 0.961. The zero-order valence-electron chi connectivity index (χ0n) is 5.47. The van der Waals surface area contributed by atoms with E-state index < -0.39 is 0 Å². The maximum atomic E-state index is 10.4. The highest BCUT2D eigenvalue weighted by atomic mass is 16.5. The minimum atomic E-state index is -0.285. The monoisotopic (exact) mass is 119 g/mol. The molecule has 0 radical (unpaired) electrons. The standard InChI is InChI=1S/C5H11NO2.H2/c1-4-6(2)5(7)8-3;/h4H2,1-3H3;1H. The quantitative estimate of drug-likeness (QED) is 0.514. The van der Waals surface area contributed by atoms with Gasteiger partial charge in [-0.1, -0.05) is 0 Å². The third-order valence-corrected chi connectivity index (χ3v) is 0.961. The molecule has 0 spiro atoms. The van der Waals surface area contributed by atoms with Gasteiger partial charge in [-0.15, -0.1) is 0 Å². The summed E-state index contributed by atoms with van der Waals surface area (Å²) in [5, 5.41) is 0. The van der Waals surface area contributed by atoms with Gasteiger partial charge in [0.25, 0.3) is 0 Å². The van der Waals surface area contributed by atoms with Crippen molar-refractivity contribution >= 4 is 6.09 Å². The fourth-order valence-corrected chi connectivity index (χ4v) is 0.285. The van der Waals surface area contributed by atoms with Gasteiger partial charge in [0.1, 0.15) is 0 Å². The second-order valence-electron chi connectivity index (χ2n) is 1.48. The normalized spacial score (nSPS) is 8.38. The van der Waals surface area contributed by atoms with Crippen molar-refractivity contribution in [3.05, 3.63) is 0 Å². The van der Waals surface area contributed by atoms with Crippen LogP contribution in [-0.2, 0) is 4.74 Å². The first kappa shape index (κ1) is 7.27. The summed E-state index contributed by atoms with van der Waals surface area (Å²) in [5.74, 6) is 0. The smallest absolute Gasteiger partial charge is 0.409 e. The largest absolute Gasteiger partial charge is 0.453 e. The van der Waals surface area contributed by atoms with Crippen molar-refractivity contribution < 1.29 is 11.0 Å². The van der Waals surface area contributed by atoms with Crippen molar-refractivity contribution in [3.8, 4) is 0 Å². The van der Waals surface area contributed by atoms with E-state index in [0.29, 0.717) is 6.54 Å². The number of nitrogens with zero attached hydrogens (tertiary/aromatic N) is 1. The van der Waals surface area contributed by atoms with Crippen LogP contribution in [0.25, 0.3) is 0 Å². The van der Waals surface area contributed by atoms with E-state index in [1.165, 1.54) is 12.0 Å². The van der Waals surface area contributed by atoms with E-state index in [9.17, 15) is 4.79 Å². The Morgan fingerprint density at radius 1 is 1.88 bits per heavy atom. The summed E-state index contributed by atoms with van der Waals surface area (Å²) in [7, 11) is 3.06. The van der Waals surface area contributed by atoms with Crippen LogP contribution >= 0.6 is 0 Å². The van der Waals surface area contributed by atoms with Gasteiger partial charge in [0.05, 0.1) is 7.11 Å². The van der Waals surface area contributed by atoms with Gasteiger partial charge in [0, 0.05) is 15.0 Å². The molecule has 0 saturated heterocycles. The van der Waals surface area contributed by atoms with E-state index in [1.54, 1.807) is 7.05 Å². The van der Waals surface area contributed by atoms with Crippen LogP contribution in [0, 0.1) is 0 Å². The van der Waals surface area contributed by atoms with E-state index in [2.05, 4.69) is 4.74 Å². The molecule has 0 atom stereocenters. The molecular weight excluding hydrogens is 106 g/mol. The number of methoxy groups -OCH3 is 1. The summed E-state index contributed by atoms with van der Waals surface area (Å²) in [4.78, 5) is 11.9. The SMILES string of the molecule is CCN(C)C(=O)OC.[HH]. The van der Waals surface area contributed by atoms with Crippen LogP contribution in [0.5, 0.6) is 0 Å². The van der Waals surface area contributed by atoms with Crippen molar-refractivity contribution in [1.29, 1.82) is 0 Å². The number of hydrogen-bond donors (Lipinski definition) is 0. The van der Waals surface area contributed by atoms with E-state index in [4.69, 9.17) is 0 Å². The minimum Gasteiger partial charge on any atom is -0.453 e. The molecule has 0 rings (SSSR count). The average Bonchev–Trinajstić information content (AvgIpc) is 1.84. The molecule has 0 fully saturated rings. The Morgan fingerprint density at radius 3 is 2.50 bits per heavy atom. The molecule has 0 aliphatic heterocycles. The average molecular weight is 119 g/mol. The molecule has 0 aliphatic carbocycles. The Labute approximate surface area is 50.7 Å². The lowest BCUT2D eigenvalue weighted by Crippen LogP contribution is -2.25. The molecule has 0 N–H and O–H groups in total. The van der Waals surface area contributed by atoms with Crippen molar-refractivity contribution in [2.75, 3.05) is 20.7 Å². The second kappa shape index (κ2) is 3.29. The first-order chi connectivity index (χ1) is 3.72. The molecule has 3 heteroatoms. The zero-order chi connectivity index (χ0) is 6.57. The van der Waals surface area contributed by atoms with E-state index in [1.807, 2.05) is 6.92 Å². The predicted molar refractivity (Wildman–Crippen MR) is 32.8 cm³/mol. The van der Waals surface area contributed by atoms with Gasteiger partial charge >= 0.3 is 6.09 Å². The third kappa shape index (κ3) is 1.82. The number of ether oxygens (including phenoxy) is 1. The molecule has 8 heavy (non-hydrogen) atoms. The molecule has 0 aromatic heterocycles. The van der Waals surface area contributed by atoms with Crippen LogP contribution < -0.4 is 0 Å². The van der Waals surface area contributed by atoms with Gasteiger partial charge in [0.15, 0.2) is 0 Å². The maximum Gasteiger partial charge on any atom is 0.409 e. The molecule has 0 aliphatic rings. The Morgan fingerprint density at radius 2 is 2.38 bits per heavy atom. The number of carbonyl (C=O) groups excluding carboxylic acids is 1. The molecule has 0 bridgehead atoms. The van der Waals surface area contributed by atoms with E-state index >= 15 is 0 Å². The minimum absolute atomic E-state index is 0. The van der Waals surface area contributed by atoms with E-state index in [-0.39, 0.29) is 7.52 Å². The van der Waals surface area contributed by atoms with Gasteiger partial charge in [-0.25, -0.2) is 4.79 Å². The molecule has 1 amide bonds. The molecule has 0 saturated carbocycles. The lowest BCUT2D eigenvalue weighted by atomic mass is 10.7. The summed E-state index contributed by atoms with van der Waals surface area (Å²) in [5.41, 5.74) is 0. The molecule has 0 heterocycles. The maximum absolute atomic E-state index is 10.4. The first-order valence-corrected chi connectivity index (χ1v) is 2.51. The van der Waals surface area contributed by atoms with Crippen LogP contribution in [0.4, 0.5) is 4.79 Å². The van der Waals surface area contributed by atoms with Gasteiger partial charge in [0.2, 0.25) is 0 Å².